The summed E-state index contributed by atoms with van der Waals surface area (Å²) in [5, 5.41) is 5.01. The molecular formula is C19H17FN6O2. The fourth-order valence-corrected chi connectivity index (χ4v) is 3.45. The first kappa shape index (κ1) is 16.5. The van der Waals surface area contributed by atoms with Crippen LogP contribution in [0.1, 0.15) is 11.4 Å². The van der Waals surface area contributed by atoms with E-state index in [4.69, 9.17) is 15.2 Å². The molecule has 0 amide bonds. The Hall–Kier alpha value is -3.62. The Bertz CT molecular complexity index is 1240. The first-order valence-corrected chi connectivity index (χ1v) is 8.70. The molecule has 3 heterocycles. The molecule has 0 aliphatic carbocycles. The Morgan fingerprint density at radius 1 is 1.14 bits per heavy atom. The molecule has 2 aromatic carbocycles. The molecule has 0 saturated carbocycles. The van der Waals surface area contributed by atoms with Crippen LogP contribution in [0.2, 0.25) is 0 Å². The van der Waals surface area contributed by atoms with Crippen LogP contribution in [0.4, 0.5) is 16.0 Å². The number of anilines is 2. The van der Waals surface area contributed by atoms with E-state index in [-0.39, 0.29) is 18.6 Å². The number of ether oxygens (including phenoxy) is 2. The zero-order valence-electron chi connectivity index (χ0n) is 15.3. The predicted octanol–water partition coefficient (Wildman–Crippen LogP) is 2.38. The van der Waals surface area contributed by atoms with Crippen molar-refractivity contribution in [1.82, 2.24) is 19.6 Å². The fourth-order valence-electron chi connectivity index (χ4n) is 3.45. The van der Waals surface area contributed by atoms with E-state index in [1.807, 2.05) is 37.2 Å². The monoisotopic (exact) mass is 380 g/mol. The molecule has 1 aliphatic rings. The van der Waals surface area contributed by atoms with Gasteiger partial charge >= 0.3 is 0 Å². The van der Waals surface area contributed by atoms with Crippen LogP contribution in [0.3, 0.4) is 0 Å². The Morgan fingerprint density at radius 3 is 2.79 bits per heavy atom. The van der Waals surface area contributed by atoms with E-state index in [9.17, 15) is 4.39 Å². The van der Waals surface area contributed by atoms with Gasteiger partial charge in [-0.05, 0) is 23.8 Å². The molecule has 5 rings (SSSR count). The number of nitrogens with two attached hydrogens (primary N) is 1. The molecule has 0 radical (unpaired) electrons. The summed E-state index contributed by atoms with van der Waals surface area (Å²) in [6, 6.07) is 8.54. The van der Waals surface area contributed by atoms with Crippen molar-refractivity contribution < 1.29 is 13.9 Å². The summed E-state index contributed by atoms with van der Waals surface area (Å²) in [4.78, 5) is 10.9. The van der Waals surface area contributed by atoms with E-state index in [1.165, 1.54) is 12.1 Å². The molecule has 4 aromatic rings. The van der Waals surface area contributed by atoms with Gasteiger partial charge in [-0.1, -0.05) is 6.07 Å². The number of halogens is 1. The minimum Gasteiger partial charge on any atom is -0.454 e. The van der Waals surface area contributed by atoms with Crippen molar-refractivity contribution in [3.63, 3.8) is 0 Å². The number of benzene rings is 2. The molecule has 0 unspecified atom stereocenters. The number of fused-ring (bicyclic) bond motifs is 4. The maximum Gasteiger partial charge on any atom is 0.240 e. The van der Waals surface area contributed by atoms with E-state index in [2.05, 4.69) is 15.1 Å². The lowest BCUT2D eigenvalue weighted by atomic mass is 10.1. The molecule has 2 N–H and O–H groups in total. The lowest BCUT2D eigenvalue weighted by molar-refractivity contribution is 0.174. The standard InChI is InChI=1S/C19H17FN6O2/c1-25(2)13-8-11(20)7-12-17(13)18-23-19(21)24-26(18)16(22-12)6-10-3-4-14-15(5-10)28-9-27-14/h3-5,7-8H,6,9H2,1-2H3,(H2,21,24). The molecule has 8 nitrogen and oxygen atoms in total. The number of hydrogen-bond donors (Lipinski definition) is 1. The highest BCUT2D eigenvalue weighted by molar-refractivity contribution is 6.02. The molecule has 1 aliphatic heterocycles. The highest BCUT2D eigenvalue weighted by Gasteiger charge is 2.19. The van der Waals surface area contributed by atoms with E-state index >= 15 is 0 Å². The first-order chi connectivity index (χ1) is 13.5. The summed E-state index contributed by atoms with van der Waals surface area (Å²) in [7, 11) is 3.68. The van der Waals surface area contributed by atoms with Gasteiger partial charge in [-0.15, -0.1) is 5.10 Å². The zero-order chi connectivity index (χ0) is 19.4. The largest absolute Gasteiger partial charge is 0.454 e. The second kappa shape index (κ2) is 5.95. The van der Waals surface area contributed by atoms with E-state index in [0.29, 0.717) is 46.0 Å². The number of hydrogen-bond acceptors (Lipinski definition) is 7. The maximum absolute atomic E-state index is 14.2. The van der Waals surface area contributed by atoms with Crippen molar-refractivity contribution >= 4 is 28.2 Å². The van der Waals surface area contributed by atoms with Crippen LogP contribution >= 0.6 is 0 Å². The number of aromatic nitrogens is 4. The second-order valence-electron chi connectivity index (χ2n) is 6.81. The Labute approximate surface area is 159 Å². The Morgan fingerprint density at radius 2 is 1.96 bits per heavy atom. The van der Waals surface area contributed by atoms with Gasteiger partial charge in [-0.2, -0.15) is 9.50 Å². The highest BCUT2D eigenvalue weighted by Crippen LogP contribution is 2.34. The molecule has 0 spiro atoms. The third-order valence-electron chi connectivity index (χ3n) is 4.68. The normalized spacial score (nSPS) is 12.8. The molecule has 2 aromatic heterocycles. The molecule has 0 atom stereocenters. The fraction of sp³-hybridized carbons (Fsp3) is 0.211. The molecule has 0 fully saturated rings. The van der Waals surface area contributed by atoms with Crippen molar-refractivity contribution in [1.29, 1.82) is 0 Å². The van der Waals surface area contributed by atoms with Gasteiger partial charge in [0.15, 0.2) is 17.1 Å². The molecule has 0 bridgehead atoms. The van der Waals surface area contributed by atoms with Crippen LogP contribution in [0.15, 0.2) is 30.3 Å². The van der Waals surface area contributed by atoms with Crippen LogP contribution in [0.25, 0.3) is 16.6 Å². The van der Waals surface area contributed by atoms with Crippen LogP contribution in [-0.2, 0) is 6.42 Å². The lowest BCUT2D eigenvalue weighted by Gasteiger charge is -2.16. The smallest absolute Gasteiger partial charge is 0.240 e. The molecule has 9 heteroatoms. The van der Waals surface area contributed by atoms with E-state index < -0.39 is 0 Å². The number of nitrogen functional groups attached to an aromatic ring is 1. The maximum atomic E-state index is 14.2. The Balaban J connectivity index is 1.72. The summed E-state index contributed by atoms with van der Waals surface area (Å²) < 4.78 is 26.6. The van der Waals surface area contributed by atoms with Crippen molar-refractivity contribution in [3.05, 3.63) is 47.5 Å². The second-order valence-corrected chi connectivity index (χ2v) is 6.81. The van der Waals surface area contributed by atoms with Crippen LogP contribution in [0.5, 0.6) is 11.5 Å². The van der Waals surface area contributed by atoms with E-state index in [1.54, 1.807) is 4.52 Å². The molecule has 0 saturated heterocycles. The lowest BCUT2D eigenvalue weighted by Crippen LogP contribution is -2.12. The third-order valence-corrected chi connectivity index (χ3v) is 4.68. The van der Waals surface area contributed by atoms with Crippen molar-refractivity contribution in [2.24, 2.45) is 0 Å². The van der Waals surface area contributed by atoms with Gasteiger partial charge in [0.2, 0.25) is 12.7 Å². The molecular weight excluding hydrogens is 363 g/mol. The first-order valence-electron chi connectivity index (χ1n) is 8.70. The zero-order valence-corrected chi connectivity index (χ0v) is 15.3. The van der Waals surface area contributed by atoms with Gasteiger partial charge in [-0.3, -0.25) is 0 Å². The van der Waals surface area contributed by atoms with Crippen LogP contribution in [-0.4, -0.2) is 40.5 Å². The summed E-state index contributed by atoms with van der Waals surface area (Å²) in [6.45, 7) is 0.212. The van der Waals surface area contributed by atoms with E-state index in [0.717, 1.165) is 5.56 Å². The molecule has 142 valence electrons. The summed E-state index contributed by atoms with van der Waals surface area (Å²) in [5.41, 5.74) is 8.54. The summed E-state index contributed by atoms with van der Waals surface area (Å²) in [6.07, 6.45) is 0.444. The van der Waals surface area contributed by atoms with Crippen molar-refractivity contribution in [2.75, 3.05) is 31.5 Å². The third kappa shape index (κ3) is 2.55. The summed E-state index contributed by atoms with van der Waals surface area (Å²) >= 11 is 0. The average molecular weight is 380 g/mol. The average Bonchev–Trinajstić information content (AvgIpc) is 3.26. The van der Waals surface area contributed by atoms with Crippen molar-refractivity contribution in [2.45, 2.75) is 6.42 Å². The van der Waals surface area contributed by atoms with Gasteiger partial charge in [0.25, 0.3) is 0 Å². The topological polar surface area (TPSA) is 90.8 Å². The van der Waals surface area contributed by atoms with Gasteiger partial charge in [0.1, 0.15) is 11.6 Å². The minimum absolute atomic E-state index is 0.135. The minimum atomic E-state index is -0.366. The number of nitrogens with zero attached hydrogens (tertiary/aromatic N) is 5. The van der Waals surface area contributed by atoms with Crippen LogP contribution in [0, 0.1) is 5.82 Å². The van der Waals surface area contributed by atoms with Gasteiger partial charge < -0.3 is 20.1 Å². The quantitative estimate of drug-likeness (QED) is 0.583. The number of rotatable bonds is 3. The highest BCUT2D eigenvalue weighted by atomic mass is 19.1. The van der Waals surface area contributed by atoms with Gasteiger partial charge in [0, 0.05) is 26.6 Å². The van der Waals surface area contributed by atoms with Gasteiger partial charge in [0.05, 0.1) is 16.6 Å². The Kier molecular flexibility index (Phi) is 3.51. The predicted molar refractivity (Wildman–Crippen MR) is 102 cm³/mol. The van der Waals surface area contributed by atoms with Crippen molar-refractivity contribution in [3.8, 4) is 11.5 Å². The van der Waals surface area contributed by atoms with Crippen LogP contribution < -0.4 is 20.1 Å². The SMILES string of the molecule is CN(C)c1cc(F)cc2nc(Cc3ccc4c(c3)OCO4)n3nc(N)nc3c12. The molecule has 28 heavy (non-hydrogen) atoms. The van der Waals surface area contributed by atoms with Gasteiger partial charge in [-0.25, -0.2) is 9.37 Å². The summed E-state index contributed by atoms with van der Waals surface area (Å²) in [5.74, 6) is 1.77.